The van der Waals surface area contributed by atoms with Crippen LogP contribution in [0.2, 0.25) is 0 Å². The van der Waals surface area contributed by atoms with E-state index in [4.69, 9.17) is 9.47 Å². The normalized spacial score (nSPS) is 16.8. The molecule has 3 heteroatoms. The summed E-state index contributed by atoms with van der Waals surface area (Å²) < 4.78 is 11.0. The fourth-order valence-electron chi connectivity index (χ4n) is 3.10. The molecule has 0 atom stereocenters. The first kappa shape index (κ1) is 16.5. The van der Waals surface area contributed by atoms with Gasteiger partial charge in [-0.15, -0.1) is 0 Å². The average Bonchev–Trinajstić information content (AvgIpc) is 2.67. The summed E-state index contributed by atoms with van der Waals surface area (Å²) in [4.78, 5) is 12.8. The van der Waals surface area contributed by atoms with Gasteiger partial charge in [0.15, 0.2) is 0 Å². The Bertz CT molecular complexity index is 671. The second-order valence-corrected chi connectivity index (χ2v) is 5.97. The Morgan fingerprint density at radius 2 is 1.62 bits per heavy atom. The fourth-order valence-corrected chi connectivity index (χ4v) is 3.10. The van der Waals surface area contributed by atoms with Crippen molar-refractivity contribution in [1.82, 2.24) is 0 Å². The van der Waals surface area contributed by atoms with Crippen LogP contribution in [0, 0.1) is 0 Å². The molecule has 1 saturated heterocycles. The third kappa shape index (κ3) is 3.74. The van der Waals surface area contributed by atoms with Crippen molar-refractivity contribution in [3.63, 3.8) is 0 Å². The highest BCUT2D eigenvalue weighted by molar-refractivity contribution is 5.83. The lowest BCUT2D eigenvalue weighted by Gasteiger charge is -2.35. The van der Waals surface area contributed by atoms with Gasteiger partial charge in [-0.1, -0.05) is 66.7 Å². The van der Waals surface area contributed by atoms with E-state index < -0.39 is 5.41 Å². The standard InChI is InChI=1S/C21H22O3/c22-20(24-15-7-10-18-8-3-1-4-9-18)21(13-16-23-17-14-21)19-11-5-2-6-12-19/h1-12H,13-17H2/b10-7-. The highest BCUT2D eigenvalue weighted by Gasteiger charge is 2.42. The van der Waals surface area contributed by atoms with Crippen LogP contribution in [-0.4, -0.2) is 25.8 Å². The molecule has 0 radical (unpaired) electrons. The van der Waals surface area contributed by atoms with E-state index in [-0.39, 0.29) is 12.6 Å². The van der Waals surface area contributed by atoms with E-state index in [2.05, 4.69) is 0 Å². The second-order valence-electron chi connectivity index (χ2n) is 5.97. The van der Waals surface area contributed by atoms with Crippen LogP contribution >= 0.6 is 0 Å². The Morgan fingerprint density at radius 1 is 1.00 bits per heavy atom. The van der Waals surface area contributed by atoms with Crippen LogP contribution < -0.4 is 0 Å². The quantitative estimate of drug-likeness (QED) is 0.781. The third-order valence-electron chi connectivity index (χ3n) is 4.48. The van der Waals surface area contributed by atoms with Crippen LogP contribution in [0.15, 0.2) is 66.7 Å². The second kappa shape index (κ2) is 7.93. The zero-order valence-electron chi connectivity index (χ0n) is 13.7. The smallest absolute Gasteiger partial charge is 0.317 e. The zero-order valence-corrected chi connectivity index (χ0v) is 13.7. The maximum Gasteiger partial charge on any atom is 0.317 e. The van der Waals surface area contributed by atoms with Crippen LogP contribution in [0.25, 0.3) is 6.08 Å². The summed E-state index contributed by atoms with van der Waals surface area (Å²) in [5.41, 5.74) is 1.53. The van der Waals surface area contributed by atoms with Gasteiger partial charge in [-0.3, -0.25) is 4.79 Å². The lowest BCUT2D eigenvalue weighted by atomic mass is 9.74. The fraction of sp³-hybridized carbons (Fsp3) is 0.286. The van der Waals surface area contributed by atoms with Crippen molar-refractivity contribution in [3.05, 3.63) is 77.9 Å². The summed E-state index contributed by atoms with van der Waals surface area (Å²) in [5.74, 6) is -0.158. The molecule has 0 bridgehead atoms. The Hall–Kier alpha value is -2.39. The molecule has 2 aromatic carbocycles. The van der Waals surface area contributed by atoms with Crippen LogP contribution in [-0.2, 0) is 19.7 Å². The molecule has 1 aliphatic heterocycles. The van der Waals surface area contributed by atoms with Gasteiger partial charge in [0.25, 0.3) is 0 Å². The number of ether oxygens (including phenoxy) is 2. The van der Waals surface area contributed by atoms with Crippen LogP contribution in [0.3, 0.4) is 0 Å². The predicted octanol–water partition coefficient (Wildman–Crippen LogP) is 3.99. The first-order chi connectivity index (χ1) is 11.8. The van der Waals surface area contributed by atoms with E-state index in [1.54, 1.807) is 0 Å². The van der Waals surface area contributed by atoms with Gasteiger partial charge in [0.1, 0.15) is 6.61 Å². The maximum atomic E-state index is 12.8. The molecule has 0 saturated carbocycles. The van der Waals surface area contributed by atoms with E-state index in [0.29, 0.717) is 26.1 Å². The molecule has 0 spiro atoms. The van der Waals surface area contributed by atoms with Crippen LogP contribution in [0.5, 0.6) is 0 Å². The molecule has 0 amide bonds. The summed E-state index contributed by atoms with van der Waals surface area (Å²) in [6, 6.07) is 19.9. The van der Waals surface area contributed by atoms with E-state index >= 15 is 0 Å². The lowest BCUT2D eigenvalue weighted by molar-refractivity contribution is -0.153. The van der Waals surface area contributed by atoms with Gasteiger partial charge in [-0.25, -0.2) is 0 Å². The molecular weight excluding hydrogens is 300 g/mol. The van der Waals surface area contributed by atoms with E-state index in [9.17, 15) is 4.79 Å². The van der Waals surface area contributed by atoms with Gasteiger partial charge in [-0.2, -0.15) is 0 Å². The van der Waals surface area contributed by atoms with Crippen molar-refractivity contribution in [2.24, 2.45) is 0 Å². The number of carbonyl (C=O) groups is 1. The Labute approximate surface area is 142 Å². The average molecular weight is 322 g/mol. The number of esters is 1. The molecule has 0 aliphatic carbocycles. The summed E-state index contributed by atoms with van der Waals surface area (Å²) in [7, 11) is 0. The molecular formula is C21H22O3. The number of carbonyl (C=O) groups excluding carboxylic acids is 1. The molecule has 3 rings (SSSR count). The monoisotopic (exact) mass is 322 g/mol. The Kier molecular flexibility index (Phi) is 5.44. The van der Waals surface area contributed by atoms with E-state index in [1.807, 2.05) is 72.8 Å². The van der Waals surface area contributed by atoms with E-state index in [1.165, 1.54) is 0 Å². The molecule has 24 heavy (non-hydrogen) atoms. The molecule has 1 fully saturated rings. The number of hydrogen-bond acceptors (Lipinski definition) is 3. The number of benzene rings is 2. The molecule has 1 heterocycles. The minimum Gasteiger partial charge on any atom is -0.461 e. The first-order valence-corrected chi connectivity index (χ1v) is 8.33. The molecule has 0 unspecified atom stereocenters. The highest BCUT2D eigenvalue weighted by atomic mass is 16.5. The maximum absolute atomic E-state index is 12.8. The van der Waals surface area contributed by atoms with Crippen LogP contribution in [0.4, 0.5) is 0 Å². The van der Waals surface area contributed by atoms with Crippen LogP contribution in [0.1, 0.15) is 24.0 Å². The van der Waals surface area contributed by atoms with Gasteiger partial charge in [-0.05, 0) is 30.0 Å². The van der Waals surface area contributed by atoms with E-state index in [0.717, 1.165) is 11.1 Å². The minimum absolute atomic E-state index is 0.158. The zero-order chi connectivity index (χ0) is 16.7. The first-order valence-electron chi connectivity index (χ1n) is 8.33. The number of hydrogen-bond donors (Lipinski definition) is 0. The van der Waals surface area contributed by atoms with Gasteiger partial charge in [0.2, 0.25) is 0 Å². The lowest BCUT2D eigenvalue weighted by Crippen LogP contribution is -2.42. The highest BCUT2D eigenvalue weighted by Crippen LogP contribution is 2.36. The number of rotatable bonds is 5. The summed E-state index contributed by atoms with van der Waals surface area (Å²) in [5, 5.41) is 0. The van der Waals surface area contributed by atoms with Crippen molar-refractivity contribution in [2.75, 3.05) is 19.8 Å². The van der Waals surface area contributed by atoms with Gasteiger partial charge >= 0.3 is 5.97 Å². The molecule has 124 valence electrons. The molecule has 0 N–H and O–H groups in total. The Balaban J connectivity index is 1.67. The van der Waals surface area contributed by atoms with Gasteiger partial charge in [0.05, 0.1) is 5.41 Å². The molecule has 3 nitrogen and oxygen atoms in total. The molecule has 2 aromatic rings. The largest absolute Gasteiger partial charge is 0.461 e. The van der Waals surface area contributed by atoms with Crippen molar-refractivity contribution < 1.29 is 14.3 Å². The van der Waals surface area contributed by atoms with Gasteiger partial charge in [0, 0.05) is 13.2 Å². The van der Waals surface area contributed by atoms with Gasteiger partial charge < -0.3 is 9.47 Å². The summed E-state index contributed by atoms with van der Waals surface area (Å²) >= 11 is 0. The molecule has 1 aliphatic rings. The van der Waals surface area contributed by atoms with Crippen molar-refractivity contribution in [3.8, 4) is 0 Å². The van der Waals surface area contributed by atoms with Crippen molar-refractivity contribution in [1.29, 1.82) is 0 Å². The predicted molar refractivity (Wildman–Crippen MR) is 94.6 cm³/mol. The summed E-state index contributed by atoms with van der Waals surface area (Å²) in [6.07, 6.45) is 5.17. The van der Waals surface area contributed by atoms with Crippen molar-refractivity contribution in [2.45, 2.75) is 18.3 Å². The SMILES string of the molecule is O=C(OC/C=C\c1ccccc1)C1(c2ccccc2)CCOCC1. The molecule has 0 aromatic heterocycles. The Morgan fingerprint density at radius 3 is 2.29 bits per heavy atom. The van der Waals surface area contributed by atoms with Crippen molar-refractivity contribution >= 4 is 12.0 Å². The topological polar surface area (TPSA) is 35.5 Å². The summed E-state index contributed by atoms with van der Waals surface area (Å²) in [6.45, 7) is 1.46. The minimum atomic E-state index is -0.583. The third-order valence-corrected chi connectivity index (χ3v) is 4.48.